The van der Waals surface area contributed by atoms with E-state index in [4.69, 9.17) is 0 Å². The van der Waals surface area contributed by atoms with Crippen LogP contribution in [0.25, 0.3) is 11.3 Å². The summed E-state index contributed by atoms with van der Waals surface area (Å²) in [7, 11) is 0. The highest BCUT2D eigenvalue weighted by Crippen LogP contribution is 2.33. The molecule has 1 aromatic carbocycles. The molecule has 8 heteroatoms. The standard InChI is InChI=1S/C17H14F2N2O2S2/c1-2-10-7-8-24-14(10)15(22)21-17-20-12(9-25-17)11-5-3-4-6-13(11)23-16(18)19/h3-9,16H,2H2,1H3,(H,20,21,22). The Balaban J connectivity index is 1.80. The van der Waals surface area contributed by atoms with Gasteiger partial charge in [-0.25, -0.2) is 4.98 Å². The Bertz CT molecular complexity index is 877. The minimum Gasteiger partial charge on any atom is -0.434 e. The van der Waals surface area contributed by atoms with Gasteiger partial charge >= 0.3 is 6.61 Å². The molecule has 0 aliphatic carbocycles. The lowest BCUT2D eigenvalue weighted by molar-refractivity contribution is -0.0494. The number of alkyl halides is 2. The molecule has 0 atom stereocenters. The van der Waals surface area contributed by atoms with Crippen molar-refractivity contribution in [3.8, 4) is 17.0 Å². The van der Waals surface area contributed by atoms with Crippen molar-refractivity contribution in [3.63, 3.8) is 0 Å². The summed E-state index contributed by atoms with van der Waals surface area (Å²) >= 11 is 2.60. The largest absolute Gasteiger partial charge is 0.434 e. The lowest BCUT2D eigenvalue weighted by Gasteiger charge is -2.08. The molecule has 3 rings (SSSR count). The topological polar surface area (TPSA) is 51.2 Å². The summed E-state index contributed by atoms with van der Waals surface area (Å²) in [4.78, 5) is 17.3. The predicted octanol–water partition coefficient (Wildman–Crippen LogP) is 5.29. The first-order valence-electron chi connectivity index (χ1n) is 7.46. The number of hydrogen-bond donors (Lipinski definition) is 1. The summed E-state index contributed by atoms with van der Waals surface area (Å²) in [6, 6.07) is 8.35. The Morgan fingerprint density at radius 3 is 2.84 bits per heavy atom. The van der Waals surface area contributed by atoms with E-state index in [1.54, 1.807) is 23.6 Å². The zero-order valence-corrected chi connectivity index (χ0v) is 14.8. The molecule has 3 aromatic rings. The lowest BCUT2D eigenvalue weighted by atomic mass is 10.1. The number of ether oxygens (including phenoxy) is 1. The number of aryl methyl sites for hydroxylation is 1. The average Bonchev–Trinajstić information content (AvgIpc) is 3.23. The molecule has 0 aliphatic rings. The van der Waals surface area contributed by atoms with Gasteiger partial charge in [0.2, 0.25) is 0 Å². The van der Waals surface area contributed by atoms with Crippen LogP contribution in [0, 0.1) is 0 Å². The highest BCUT2D eigenvalue weighted by atomic mass is 32.1. The smallest absolute Gasteiger partial charge is 0.387 e. The lowest BCUT2D eigenvalue weighted by Crippen LogP contribution is -2.11. The normalized spacial score (nSPS) is 10.9. The minimum atomic E-state index is -2.91. The fourth-order valence-corrected chi connectivity index (χ4v) is 3.89. The second-order valence-electron chi connectivity index (χ2n) is 5.00. The minimum absolute atomic E-state index is 0.0483. The molecule has 1 amide bonds. The quantitative estimate of drug-likeness (QED) is 0.632. The first-order valence-corrected chi connectivity index (χ1v) is 9.22. The number of amides is 1. The monoisotopic (exact) mass is 380 g/mol. The maximum atomic E-state index is 12.5. The zero-order chi connectivity index (χ0) is 17.8. The molecule has 4 nitrogen and oxygen atoms in total. The van der Waals surface area contributed by atoms with Crippen LogP contribution in [-0.2, 0) is 6.42 Å². The summed E-state index contributed by atoms with van der Waals surface area (Å²) in [5.74, 6) is -0.169. The predicted molar refractivity (Wildman–Crippen MR) is 95.8 cm³/mol. The first kappa shape index (κ1) is 17.5. The van der Waals surface area contributed by atoms with Crippen molar-refractivity contribution in [1.82, 2.24) is 4.98 Å². The first-order chi connectivity index (χ1) is 12.1. The maximum Gasteiger partial charge on any atom is 0.387 e. The van der Waals surface area contributed by atoms with Crippen LogP contribution in [0.2, 0.25) is 0 Å². The number of carbonyl (C=O) groups excluding carboxylic acids is 1. The van der Waals surface area contributed by atoms with Gasteiger partial charge in [-0.3, -0.25) is 10.1 Å². The Morgan fingerprint density at radius 2 is 2.08 bits per heavy atom. The van der Waals surface area contributed by atoms with Gasteiger partial charge in [-0.1, -0.05) is 19.1 Å². The number of aromatic nitrogens is 1. The Hall–Kier alpha value is -2.32. The molecular weight excluding hydrogens is 366 g/mol. The van der Waals surface area contributed by atoms with E-state index >= 15 is 0 Å². The second-order valence-corrected chi connectivity index (χ2v) is 6.77. The maximum absolute atomic E-state index is 12.5. The van der Waals surface area contributed by atoms with Crippen molar-refractivity contribution in [2.75, 3.05) is 5.32 Å². The van der Waals surface area contributed by atoms with Crippen LogP contribution in [0.4, 0.5) is 13.9 Å². The van der Waals surface area contributed by atoms with Crippen molar-refractivity contribution >= 4 is 33.7 Å². The van der Waals surface area contributed by atoms with Crippen LogP contribution in [0.1, 0.15) is 22.2 Å². The van der Waals surface area contributed by atoms with Crippen LogP contribution < -0.4 is 10.1 Å². The van der Waals surface area contributed by atoms with Gasteiger partial charge in [0, 0.05) is 10.9 Å². The van der Waals surface area contributed by atoms with Crippen molar-refractivity contribution in [3.05, 3.63) is 51.5 Å². The van der Waals surface area contributed by atoms with E-state index < -0.39 is 6.61 Å². The van der Waals surface area contributed by atoms with Crippen LogP contribution in [-0.4, -0.2) is 17.5 Å². The van der Waals surface area contributed by atoms with Gasteiger partial charge in [0.25, 0.3) is 5.91 Å². The number of benzene rings is 1. The molecule has 0 saturated carbocycles. The van der Waals surface area contributed by atoms with Gasteiger partial charge in [0.05, 0.1) is 10.6 Å². The number of thiophene rings is 1. The number of thiazole rings is 1. The fraction of sp³-hybridized carbons (Fsp3) is 0.176. The number of halogens is 2. The van der Waals surface area contributed by atoms with Gasteiger partial charge in [0.15, 0.2) is 5.13 Å². The highest BCUT2D eigenvalue weighted by Gasteiger charge is 2.16. The third-order valence-corrected chi connectivity index (χ3v) is 5.15. The van der Waals surface area contributed by atoms with E-state index in [-0.39, 0.29) is 11.7 Å². The third-order valence-electron chi connectivity index (χ3n) is 3.44. The number of hydrogen-bond acceptors (Lipinski definition) is 5. The van der Waals surface area contributed by atoms with Gasteiger partial charge < -0.3 is 4.74 Å². The van der Waals surface area contributed by atoms with Crippen LogP contribution in [0.15, 0.2) is 41.1 Å². The van der Waals surface area contributed by atoms with E-state index in [1.807, 2.05) is 18.4 Å². The van der Waals surface area contributed by atoms with Crippen LogP contribution >= 0.6 is 22.7 Å². The number of rotatable bonds is 6. The van der Waals surface area contributed by atoms with Crippen molar-refractivity contribution in [2.45, 2.75) is 20.0 Å². The van der Waals surface area contributed by atoms with Gasteiger partial charge in [-0.2, -0.15) is 8.78 Å². The second kappa shape index (κ2) is 7.71. The molecule has 0 fully saturated rings. The van der Waals surface area contributed by atoms with Crippen molar-refractivity contribution in [2.24, 2.45) is 0 Å². The van der Waals surface area contributed by atoms with Gasteiger partial charge in [-0.15, -0.1) is 22.7 Å². The molecule has 130 valence electrons. The van der Waals surface area contributed by atoms with Crippen molar-refractivity contribution in [1.29, 1.82) is 0 Å². The van der Waals surface area contributed by atoms with E-state index in [2.05, 4.69) is 15.0 Å². The van der Waals surface area contributed by atoms with Crippen molar-refractivity contribution < 1.29 is 18.3 Å². The molecule has 25 heavy (non-hydrogen) atoms. The molecule has 2 aromatic heterocycles. The van der Waals surface area contributed by atoms with Gasteiger partial charge in [-0.05, 0) is 35.6 Å². The number of nitrogens with one attached hydrogen (secondary N) is 1. The molecule has 0 unspecified atom stereocenters. The number of carbonyl (C=O) groups is 1. The van der Waals surface area contributed by atoms with E-state index in [0.29, 0.717) is 21.3 Å². The summed E-state index contributed by atoms with van der Waals surface area (Å²) in [5, 5.41) is 6.73. The Kier molecular flexibility index (Phi) is 5.40. The average molecular weight is 380 g/mol. The summed E-state index contributed by atoms with van der Waals surface area (Å²) in [6.45, 7) is -0.925. The molecule has 2 heterocycles. The molecule has 0 spiro atoms. The molecule has 1 N–H and O–H groups in total. The zero-order valence-electron chi connectivity index (χ0n) is 13.2. The van der Waals surface area contributed by atoms with Crippen LogP contribution in [0.5, 0.6) is 5.75 Å². The summed E-state index contributed by atoms with van der Waals surface area (Å²) < 4.78 is 29.6. The van der Waals surface area contributed by atoms with E-state index in [9.17, 15) is 13.6 Å². The molecule has 0 bridgehead atoms. The molecule has 0 aliphatic heterocycles. The number of anilines is 1. The third kappa shape index (κ3) is 4.02. The van der Waals surface area contributed by atoms with E-state index in [1.165, 1.54) is 28.7 Å². The number of para-hydroxylation sites is 1. The summed E-state index contributed by atoms with van der Waals surface area (Å²) in [6.07, 6.45) is 0.772. The SMILES string of the molecule is CCc1ccsc1C(=O)Nc1nc(-c2ccccc2OC(F)F)cs1. The number of nitrogens with zero attached hydrogens (tertiary/aromatic N) is 1. The fourth-order valence-electron chi connectivity index (χ4n) is 2.30. The Labute approximate surface area is 151 Å². The van der Waals surface area contributed by atoms with Gasteiger partial charge in [0.1, 0.15) is 5.75 Å². The van der Waals surface area contributed by atoms with E-state index in [0.717, 1.165) is 12.0 Å². The molecule has 0 radical (unpaired) electrons. The Morgan fingerprint density at radius 1 is 1.28 bits per heavy atom. The summed E-state index contributed by atoms with van der Waals surface area (Å²) in [5.41, 5.74) is 1.90. The molecule has 0 saturated heterocycles. The molecular formula is C17H14F2N2O2S2. The highest BCUT2D eigenvalue weighted by molar-refractivity contribution is 7.14. The van der Waals surface area contributed by atoms with Crippen LogP contribution in [0.3, 0.4) is 0 Å².